The van der Waals surface area contributed by atoms with Gasteiger partial charge in [-0.25, -0.2) is 14.3 Å². The van der Waals surface area contributed by atoms with Crippen molar-refractivity contribution in [1.82, 2.24) is 9.55 Å². The van der Waals surface area contributed by atoms with Gasteiger partial charge in [-0.05, 0) is 0 Å². The summed E-state index contributed by atoms with van der Waals surface area (Å²) < 4.78 is 10.8. The van der Waals surface area contributed by atoms with E-state index >= 15 is 0 Å². The molecule has 0 aliphatic carbocycles. The third-order valence-electron chi connectivity index (χ3n) is 1.42. The Labute approximate surface area is 73.6 Å². The van der Waals surface area contributed by atoms with E-state index in [1.165, 1.54) is 35.8 Å². The van der Waals surface area contributed by atoms with Gasteiger partial charge in [-0.3, -0.25) is 0 Å². The third kappa shape index (κ3) is 1.58. The van der Waals surface area contributed by atoms with Gasteiger partial charge in [0, 0.05) is 18.5 Å². The Morgan fingerprint density at radius 1 is 1.62 bits per heavy atom. The van der Waals surface area contributed by atoms with E-state index in [2.05, 4.69) is 4.98 Å². The minimum Gasteiger partial charge on any atom is -0.469 e. The largest absolute Gasteiger partial charge is 0.469 e. The van der Waals surface area contributed by atoms with Crippen molar-refractivity contribution < 1.29 is 13.9 Å². The summed E-state index contributed by atoms with van der Waals surface area (Å²) in [6, 6.07) is 1.55. The molecule has 0 unspecified atom stereocenters. The Balaban J connectivity index is 2.08. The lowest BCUT2D eigenvalue weighted by molar-refractivity contribution is 0.202. The molecule has 5 heteroatoms. The fourth-order valence-corrected chi connectivity index (χ4v) is 0.831. The summed E-state index contributed by atoms with van der Waals surface area (Å²) in [6.07, 6.45) is 6.62. The third-order valence-corrected chi connectivity index (χ3v) is 1.42. The standard InChI is InChI=1S/C8H6N2O3/c11-8(10-3-2-9-6-10)13-7-1-4-12-5-7/h1-6H. The molecular weight excluding hydrogens is 172 g/mol. The number of rotatable bonds is 1. The molecule has 0 saturated heterocycles. The molecule has 0 saturated carbocycles. The van der Waals surface area contributed by atoms with Crippen molar-refractivity contribution in [3.63, 3.8) is 0 Å². The number of hydrogen-bond acceptors (Lipinski definition) is 4. The molecule has 0 atom stereocenters. The van der Waals surface area contributed by atoms with Crippen LogP contribution in [0, 0.1) is 0 Å². The number of carbonyl (C=O) groups is 1. The monoisotopic (exact) mass is 178 g/mol. The van der Waals surface area contributed by atoms with Crippen molar-refractivity contribution in [3.8, 4) is 5.75 Å². The molecule has 0 aliphatic rings. The zero-order valence-electron chi connectivity index (χ0n) is 6.58. The lowest BCUT2D eigenvalue weighted by Crippen LogP contribution is -2.14. The van der Waals surface area contributed by atoms with Crippen molar-refractivity contribution in [3.05, 3.63) is 37.3 Å². The molecule has 5 nitrogen and oxygen atoms in total. The Hall–Kier alpha value is -2.04. The van der Waals surface area contributed by atoms with Crippen molar-refractivity contribution >= 4 is 6.09 Å². The van der Waals surface area contributed by atoms with Crippen molar-refractivity contribution in [2.75, 3.05) is 0 Å². The van der Waals surface area contributed by atoms with Gasteiger partial charge in [0.2, 0.25) is 0 Å². The van der Waals surface area contributed by atoms with Gasteiger partial charge in [-0.2, -0.15) is 0 Å². The van der Waals surface area contributed by atoms with Crippen molar-refractivity contribution in [1.29, 1.82) is 0 Å². The maximum absolute atomic E-state index is 11.2. The molecule has 2 aromatic rings. The van der Waals surface area contributed by atoms with Crippen LogP contribution in [0.5, 0.6) is 5.75 Å². The first kappa shape index (κ1) is 7.60. The normalized spacial score (nSPS) is 9.85. The number of imidazole rings is 1. The van der Waals surface area contributed by atoms with E-state index in [-0.39, 0.29) is 0 Å². The highest BCUT2D eigenvalue weighted by Crippen LogP contribution is 2.10. The SMILES string of the molecule is O=C(Oc1ccoc1)n1ccnc1. The van der Waals surface area contributed by atoms with Crippen LogP contribution >= 0.6 is 0 Å². The van der Waals surface area contributed by atoms with Crippen LogP contribution in [0.25, 0.3) is 0 Å². The van der Waals surface area contributed by atoms with Gasteiger partial charge in [-0.1, -0.05) is 0 Å². The van der Waals surface area contributed by atoms with Gasteiger partial charge >= 0.3 is 6.09 Å². The van der Waals surface area contributed by atoms with Gasteiger partial charge in [0.25, 0.3) is 0 Å². The number of nitrogens with zero attached hydrogens (tertiary/aromatic N) is 2. The molecule has 0 radical (unpaired) electrons. The number of furan rings is 1. The average Bonchev–Trinajstić information content (AvgIpc) is 2.74. The molecular formula is C8H6N2O3. The fraction of sp³-hybridized carbons (Fsp3) is 0. The molecule has 0 fully saturated rings. The molecule has 0 spiro atoms. The molecule has 13 heavy (non-hydrogen) atoms. The molecule has 0 bridgehead atoms. The molecule has 2 aromatic heterocycles. The summed E-state index contributed by atoms with van der Waals surface area (Å²) in [7, 11) is 0. The van der Waals surface area contributed by atoms with E-state index in [1.807, 2.05) is 0 Å². The van der Waals surface area contributed by atoms with E-state index in [0.717, 1.165) is 0 Å². The molecule has 66 valence electrons. The van der Waals surface area contributed by atoms with Crippen LogP contribution in [0.4, 0.5) is 4.79 Å². The maximum Gasteiger partial charge on any atom is 0.424 e. The predicted octanol–water partition coefficient (Wildman–Crippen LogP) is 1.52. The van der Waals surface area contributed by atoms with E-state index in [4.69, 9.17) is 9.15 Å². The smallest absolute Gasteiger partial charge is 0.424 e. The number of aromatic nitrogens is 2. The Morgan fingerprint density at radius 2 is 2.54 bits per heavy atom. The van der Waals surface area contributed by atoms with Gasteiger partial charge in [0.15, 0.2) is 5.75 Å². The highest BCUT2D eigenvalue weighted by molar-refractivity contribution is 5.72. The Morgan fingerprint density at radius 3 is 3.15 bits per heavy atom. The quantitative estimate of drug-likeness (QED) is 0.664. The summed E-state index contributed by atoms with van der Waals surface area (Å²) in [5.41, 5.74) is 0. The number of ether oxygens (including phenoxy) is 1. The van der Waals surface area contributed by atoms with Gasteiger partial charge in [0.1, 0.15) is 12.6 Å². The maximum atomic E-state index is 11.2. The van der Waals surface area contributed by atoms with Crippen LogP contribution in [-0.4, -0.2) is 15.6 Å². The summed E-state index contributed by atoms with van der Waals surface area (Å²) in [5.74, 6) is 0.374. The zero-order chi connectivity index (χ0) is 9.10. The van der Waals surface area contributed by atoms with E-state index in [0.29, 0.717) is 5.75 Å². The van der Waals surface area contributed by atoms with Gasteiger partial charge < -0.3 is 9.15 Å². The van der Waals surface area contributed by atoms with Crippen molar-refractivity contribution in [2.24, 2.45) is 0 Å². The minimum absolute atomic E-state index is 0.374. The Kier molecular flexibility index (Phi) is 1.84. The first-order chi connectivity index (χ1) is 6.36. The van der Waals surface area contributed by atoms with E-state index in [1.54, 1.807) is 6.07 Å². The molecule has 2 heterocycles. The van der Waals surface area contributed by atoms with E-state index < -0.39 is 6.09 Å². The summed E-state index contributed by atoms with van der Waals surface area (Å²) >= 11 is 0. The fourth-order valence-electron chi connectivity index (χ4n) is 0.831. The van der Waals surface area contributed by atoms with Gasteiger partial charge in [0.05, 0.1) is 6.26 Å². The second-order valence-corrected chi connectivity index (χ2v) is 2.30. The lowest BCUT2D eigenvalue weighted by atomic mass is 10.6. The second kappa shape index (κ2) is 3.14. The molecule has 0 aliphatic heterocycles. The zero-order valence-corrected chi connectivity index (χ0v) is 6.58. The molecule has 0 aromatic carbocycles. The van der Waals surface area contributed by atoms with Gasteiger partial charge in [-0.15, -0.1) is 0 Å². The first-order valence-electron chi connectivity index (χ1n) is 3.58. The summed E-state index contributed by atoms with van der Waals surface area (Å²) in [4.78, 5) is 14.9. The van der Waals surface area contributed by atoms with E-state index in [9.17, 15) is 4.79 Å². The lowest BCUT2D eigenvalue weighted by Gasteiger charge is -1.99. The van der Waals surface area contributed by atoms with Crippen molar-refractivity contribution in [2.45, 2.75) is 0 Å². The van der Waals surface area contributed by atoms with Crippen LogP contribution in [0.2, 0.25) is 0 Å². The number of carbonyl (C=O) groups excluding carboxylic acids is 1. The summed E-state index contributed by atoms with van der Waals surface area (Å²) in [5, 5.41) is 0. The predicted molar refractivity (Wildman–Crippen MR) is 42.4 cm³/mol. The molecule has 2 rings (SSSR count). The van der Waals surface area contributed by atoms with Crippen LogP contribution in [0.15, 0.2) is 41.7 Å². The highest BCUT2D eigenvalue weighted by atomic mass is 16.6. The first-order valence-corrected chi connectivity index (χ1v) is 3.58. The second-order valence-electron chi connectivity index (χ2n) is 2.30. The molecule has 0 N–H and O–H groups in total. The van der Waals surface area contributed by atoms with Crippen LogP contribution in [0.3, 0.4) is 0 Å². The summed E-state index contributed by atoms with van der Waals surface area (Å²) in [6.45, 7) is 0. The Bertz CT molecular complexity index is 377. The molecule has 0 amide bonds. The van der Waals surface area contributed by atoms with Crippen LogP contribution < -0.4 is 4.74 Å². The minimum atomic E-state index is -0.515. The van der Waals surface area contributed by atoms with Crippen LogP contribution in [-0.2, 0) is 0 Å². The van der Waals surface area contributed by atoms with Crippen LogP contribution in [0.1, 0.15) is 0 Å². The topological polar surface area (TPSA) is 57.3 Å². The highest BCUT2D eigenvalue weighted by Gasteiger charge is 2.06. The number of hydrogen-bond donors (Lipinski definition) is 0. The average molecular weight is 178 g/mol.